The van der Waals surface area contributed by atoms with Crippen LogP contribution in [0.3, 0.4) is 0 Å². The second-order valence-electron chi connectivity index (χ2n) is 5.39. The molecular weight excluding hydrogens is 260 g/mol. The number of carboxylic acids is 1. The Bertz CT molecular complexity index is 316. The van der Waals surface area contributed by atoms with E-state index in [2.05, 4.69) is 10.6 Å². The first-order valence-electron chi connectivity index (χ1n) is 7.42. The van der Waals surface area contributed by atoms with Crippen LogP contribution in [0.15, 0.2) is 0 Å². The van der Waals surface area contributed by atoms with Crippen molar-refractivity contribution in [3.63, 3.8) is 0 Å². The van der Waals surface area contributed by atoms with Crippen LogP contribution in [0.1, 0.15) is 46.0 Å². The number of carbonyl (C=O) groups is 2. The lowest BCUT2D eigenvalue weighted by molar-refractivity contribution is -0.141. The molecule has 6 nitrogen and oxygen atoms in total. The van der Waals surface area contributed by atoms with Gasteiger partial charge in [0, 0.05) is 6.61 Å². The van der Waals surface area contributed by atoms with Gasteiger partial charge in [0.05, 0.1) is 12.6 Å². The summed E-state index contributed by atoms with van der Waals surface area (Å²) >= 11 is 0. The highest BCUT2D eigenvalue weighted by Gasteiger charge is 2.30. The minimum Gasteiger partial charge on any atom is -0.480 e. The Balaban J connectivity index is 2.44. The van der Waals surface area contributed by atoms with Gasteiger partial charge in [-0.3, -0.25) is 0 Å². The van der Waals surface area contributed by atoms with Crippen molar-refractivity contribution in [2.45, 2.75) is 58.0 Å². The Morgan fingerprint density at radius 3 is 2.45 bits per heavy atom. The van der Waals surface area contributed by atoms with Crippen molar-refractivity contribution in [1.82, 2.24) is 10.6 Å². The van der Waals surface area contributed by atoms with E-state index in [1.54, 1.807) is 0 Å². The van der Waals surface area contributed by atoms with Crippen molar-refractivity contribution >= 4 is 12.0 Å². The first-order chi connectivity index (χ1) is 9.54. The van der Waals surface area contributed by atoms with Gasteiger partial charge in [0.2, 0.25) is 0 Å². The van der Waals surface area contributed by atoms with E-state index in [-0.39, 0.29) is 12.0 Å². The number of aliphatic carboxylic acids is 1. The zero-order valence-corrected chi connectivity index (χ0v) is 12.4. The molecular formula is C14H26N2O4. The van der Waals surface area contributed by atoms with E-state index in [1.165, 1.54) is 0 Å². The van der Waals surface area contributed by atoms with Gasteiger partial charge in [-0.05, 0) is 32.6 Å². The lowest BCUT2D eigenvalue weighted by Crippen LogP contribution is -2.52. The molecule has 0 radical (unpaired) electrons. The predicted molar refractivity (Wildman–Crippen MR) is 75.6 cm³/mol. The van der Waals surface area contributed by atoms with Crippen molar-refractivity contribution in [1.29, 1.82) is 0 Å². The fourth-order valence-electron chi connectivity index (χ4n) is 2.59. The number of hydrogen-bond donors (Lipinski definition) is 3. The van der Waals surface area contributed by atoms with Crippen molar-refractivity contribution in [3.8, 4) is 0 Å². The topological polar surface area (TPSA) is 87.7 Å². The average molecular weight is 286 g/mol. The molecule has 1 fully saturated rings. The number of carboxylic acid groups (broad SMARTS) is 1. The van der Waals surface area contributed by atoms with E-state index in [4.69, 9.17) is 4.74 Å². The summed E-state index contributed by atoms with van der Waals surface area (Å²) in [6, 6.07) is -1.37. The zero-order valence-electron chi connectivity index (χ0n) is 12.4. The van der Waals surface area contributed by atoms with Crippen LogP contribution in [0.2, 0.25) is 0 Å². The molecule has 0 saturated heterocycles. The standard InChI is InChI=1S/C14H26N2O4/c1-3-20-9-10(2)15-14(19)16-12(13(17)18)11-7-5-4-6-8-11/h10-12H,3-9H2,1-2H3,(H,17,18)(H2,15,16,19). The Kier molecular flexibility index (Phi) is 7.36. The molecule has 2 unspecified atom stereocenters. The lowest BCUT2D eigenvalue weighted by atomic mass is 9.84. The number of urea groups is 1. The summed E-state index contributed by atoms with van der Waals surface area (Å²) < 4.78 is 5.21. The highest BCUT2D eigenvalue weighted by Crippen LogP contribution is 2.26. The lowest BCUT2D eigenvalue weighted by Gasteiger charge is -2.28. The van der Waals surface area contributed by atoms with Gasteiger partial charge in [-0.1, -0.05) is 19.3 Å². The molecule has 0 aromatic rings. The Labute approximate surface area is 120 Å². The first kappa shape index (κ1) is 16.8. The van der Waals surface area contributed by atoms with Gasteiger partial charge < -0.3 is 20.5 Å². The molecule has 20 heavy (non-hydrogen) atoms. The number of ether oxygens (including phenoxy) is 1. The second-order valence-corrected chi connectivity index (χ2v) is 5.39. The van der Waals surface area contributed by atoms with E-state index in [0.717, 1.165) is 32.1 Å². The van der Waals surface area contributed by atoms with Crippen LogP contribution >= 0.6 is 0 Å². The molecule has 0 bridgehead atoms. The number of carbonyl (C=O) groups excluding carboxylic acids is 1. The van der Waals surface area contributed by atoms with Gasteiger partial charge in [0.1, 0.15) is 6.04 Å². The summed E-state index contributed by atoms with van der Waals surface area (Å²) in [6.45, 7) is 4.72. The third-order valence-corrected chi connectivity index (χ3v) is 3.62. The van der Waals surface area contributed by atoms with Gasteiger partial charge >= 0.3 is 12.0 Å². The summed E-state index contributed by atoms with van der Waals surface area (Å²) in [4.78, 5) is 23.2. The summed E-state index contributed by atoms with van der Waals surface area (Å²) in [5, 5.41) is 14.6. The van der Waals surface area contributed by atoms with Crippen molar-refractivity contribution in [3.05, 3.63) is 0 Å². The van der Waals surface area contributed by atoms with Crippen molar-refractivity contribution < 1.29 is 19.4 Å². The van der Waals surface area contributed by atoms with Gasteiger partial charge in [-0.25, -0.2) is 9.59 Å². The van der Waals surface area contributed by atoms with Crippen molar-refractivity contribution in [2.75, 3.05) is 13.2 Å². The van der Waals surface area contributed by atoms with Crippen LogP contribution in [0, 0.1) is 5.92 Å². The number of nitrogens with one attached hydrogen (secondary N) is 2. The third kappa shape index (κ3) is 5.77. The minimum absolute atomic E-state index is 0.0363. The molecule has 116 valence electrons. The van der Waals surface area contributed by atoms with Crippen LogP contribution in [0.4, 0.5) is 4.79 Å². The van der Waals surface area contributed by atoms with Crippen LogP contribution < -0.4 is 10.6 Å². The number of rotatable bonds is 7. The largest absolute Gasteiger partial charge is 0.480 e. The van der Waals surface area contributed by atoms with Gasteiger partial charge in [-0.2, -0.15) is 0 Å². The fraction of sp³-hybridized carbons (Fsp3) is 0.857. The van der Waals surface area contributed by atoms with E-state index < -0.39 is 18.0 Å². The van der Waals surface area contributed by atoms with Crippen molar-refractivity contribution in [2.24, 2.45) is 5.92 Å². The van der Waals surface area contributed by atoms with Crippen LogP contribution in [-0.4, -0.2) is 42.4 Å². The molecule has 0 aromatic heterocycles. The summed E-state index contributed by atoms with van der Waals surface area (Å²) in [5.41, 5.74) is 0. The fourth-order valence-corrected chi connectivity index (χ4v) is 2.59. The van der Waals surface area contributed by atoms with E-state index >= 15 is 0 Å². The van der Waals surface area contributed by atoms with Crippen LogP contribution in [-0.2, 0) is 9.53 Å². The maximum Gasteiger partial charge on any atom is 0.326 e. The monoisotopic (exact) mass is 286 g/mol. The van der Waals surface area contributed by atoms with E-state index in [9.17, 15) is 14.7 Å². The molecule has 0 aromatic carbocycles. The third-order valence-electron chi connectivity index (χ3n) is 3.62. The number of hydrogen-bond acceptors (Lipinski definition) is 3. The van der Waals surface area contributed by atoms with E-state index in [1.807, 2.05) is 13.8 Å². The summed E-state index contributed by atoms with van der Waals surface area (Å²) in [7, 11) is 0. The average Bonchev–Trinajstić information content (AvgIpc) is 2.43. The molecule has 0 aliphatic heterocycles. The second kappa shape index (κ2) is 8.79. The molecule has 2 amide bonds. The molecule has 1 aliphatic rings. The van der Waals surface area contributed by atoms with E-state index in [0.29, 0.717) is 13.2 Å². The molecule has 0 spiro atoms. The van der Waals surface area contributed by atoms with Crippen LogP contribution in [0.5, 0.6) is 0 Å². The van der Waals surface area contributed by atoms with Gasteiger partial charge in [-0.15, -0.1) is 0 Å². The SMILES string of the molecule is CCOCC(C)NC(=O)NC(C(=O)O)C1CCCCC1. The Hall–Kier alpha value is -1.30. The quantitative estimate of drug-likeness (QED) is 0.665. The summed E-state index contributed by atoms with van der Waals surface area (Å²) in [5.74, 6) is -0.918. The highest BCUT2D eigenvalue weighted by atomic mass is 16.5. The van der Waals surface area contributed by atoms with Crippen LogP contribution in [0.25, 0.3) is 0 Å². The Morgan fingerprint density at radius 1 is 1.25 bits per heavy atom. The minimum atomic E-state index is -0.954. The normalized spacial score (nSPS) is 19.1. The van der Waals surface area contributed by atoms with Gasteiger partial charge in [0.25, 0.3) is 0 Å². The number of amides is 2. The molecule has 1 aliphatic carbocycles. The summed E-state index contributed by atoms with van der Waals surface area (Å²) in [6.07, 6.45) is 4.97. The molecule has 2 atom stereocenters. The smallest absolute Gasteiger partial charge is 0.326 e. The zero-order chi connectivity index (χ0) is 15.0. The first-order valence-corrected chi connectivity index (χ1v) is 7.42. The molecule has 1 rings (SSSR count). The maximum atomic E-state index is 11.8. The predicted octanol–water partition coefficient (Wildman–Crippen LogP) is 1.74. The van der Waals surface area contributed by atoms with Gasteiger partial charge in [0.15, 0.2) is 0 Å². The molecule has 3 N–H and O–H groups in total. The highest BCUT2D eigenvalue weighted by molar-refractivity contribution is 5.82. The molecule has 1 saturated carbocycles. The Morgan fingerprint density at radius 2 is 1.90 bits per heavy atom. The molecule has 6 heteroatoms. The maximum absolute atomic E-state index is 11.8. The molecule has 0 heterocycles.